The van der Waals surface area contributed by atoms with E-state index in [0.29, 0.717) is 17.7 Å². The Labute approximate surface area is 173 Å². The number of alkyl halides is 3. The van der Waals surface area contributed by atoms with E-state index in [1.165, 1.54) is 0 Å². The van der Waals surface area contributed by atoms with Crippen molar-refractivity contribution in [3.63, 3.8) is 0 Å². The average molecular weight is 429 g/mol. The number of hydrogen-bond donors (Lipinski definition) is 1. The van der Waals surface area contributed by atoms with Crippen LogP contribution in [0.1, 0.15) is 11.6 Å². The highest BCUT2D eigenvalue weighted by molar-refractivity contribution is 7.98. The normalized spacial score (nSPS) is 11.6. The van der Waals surface area contributed by atoms with Gasteiger partial charge in [-0.25, -0.2) is 9.97 Å². The van der Waals surface area contributed by atoms with Crippen molar-refractivity contribution in [2.24, 2.45) is 0 Å². The molecule has 0 radical (unpaired) electrons. The van der Waals surface area contributed by atoms with E-state index in [0.717, 1.165) is 28.5 Å². The molecule has 0 fully saturated rings. The van der Waals surface area contributed by atoms with Crippen LogP contribution in [-0.2, 0) is 11.9 Å². The molecule has 0 aliphatic rings. The van der Waals surface area contributed by atoms with Crippen molar-refractivity contribution in [1.29, 1.82) is 0 Å². The van der Waals surface area contributed by atoms with E-state index in [2.05, 4.69) is 15.0 Å². The van der Waals surface area contributed by atoms with E-state index in [-0.39, 0.29) is 10.9 Å². The van der Waals surface area contributed by atoms with Crippen LogP contribution in [0.2, 0.25) is 0 Å². The monoisotopic (exact) mass is 429 g/mol. The molecular weight excluding hydrogens is 415 g/mol. The van der Waals surface area contributed by atoms with Gasteiger partial charge in [-0.15, -0.1) is 0 Å². The molecule has 0 amide bonds. The molecule has 1 N–H and O–H groups in total. The molecule has 30 heavy (non-hydrogen) atoms. The topological polar surface area (TPSA) is 71.8 Å². The second-order valence-electron chi connectivity index (χ2n) is 6.29. The number of aromatic nitrogens is 3. The minimum Gasteiger partial charge on any atom is -0.440 e. The number of H-pyrrole nitrogens is 1. The van der Waals surface area contributed by atoms with E-state index in [9.17, 15) is 18.0 Å². The van der Waals surface area contributed by atoms with Gasteiger partial charge in [-0.3, -0.25) is 4.79 Å². The Hall–Kier alpha value is -3.33. The molecule has 0 saturated heterocycles. The van der Waals surface area contributed by atoms with Crippen molar-refractivity contribution in [3.8, 4) is 22.5 Å². The molecule has 0 bridgehead atoms. The first kappa shape index (κ1) is 20.0. The second kappa shape index (κ2) is 8.19. The molecular formula is C21H14F3N3O2S. The zero-order valence-electron chi connectivity index (χ0n) is 15.3. The summed E-state index contributed by atoms with van der Waals surface area (Å²) in [5, 5.41) is -0.152. The highest BCUT2D eigenvalue weighted by Crippen LogP contribution is 2.30. The Balaban J connectivity index is 1.51. The Morgan fingerprint density at radius 2 is 1.70 bits per heavy atom. The van der Waals surface area contributed by atoms with Crippen LogP contribution in [-0.4, -0.2) is 15.0 Å². The number of thioether (sulfide) groups is 1. The molecule has 152 valence electrons. The zero-order chi connectivity index (χ0) is 21.1. The summed E-state index contributed by atoms with van der Waals surface area (Å²) in [5.41, 5.74) is 0.802. The summed E-state index contributed by atoms with van der Waals surface area (Å²) >= 11 is 0.904. The molecule has 2 aromatic carbocycles. The SMILES string of the molecule is O=c1cc(C(F)(F)F)nc(SCc2ncc(-c3cccc(-c4ccccc4)c3)o2)[nH]1. The lowest BCUT2D eigenvalue weighted by Crippen LogP contribution is -2.16. The third-order valence-corrected chi connectivity index (χ3v) is 5.01. The lowest BCUT2D eigenvalue weighted by Gasteiger charge is -2.06. The van der Waals surface area contributed by atoms with Crippen LogP contribution in [0.15, 0.2) is 81.2 Å². The van der Waals surface area contributed by atoms with Crippen molar-refractivity contribution < 1.29 is 17.6 Å². The molecule has 0 aliphatic heterocycles. The maximum absolute atomic E-state index is 12.8. The number of benzene rings is 2. The first-order valence-electron chi connectivity index (χ1n) is 8.80. The molecule has 4 rings (SSSR count). The molecule has 0 aliphatic carbocycles. The predicted octanol–water partition coefficient (Wildman–Crippen LogP) is 5.40. The van der Waals surface area contributed by atoms with Gasteiger partial charge in [0, 0.05) is 11.6 Å². The first-order chi connectivity index (χ1) is 14.4. The molecule has 2 aromatic heterocycles. The maximum Gasteiger partial charge on any atom is 0.433 e. The number of halogens is 3. The first-order valence-corrected chi connectivity index (χ1v) is 9.79. The number of aromatic amines is 1. The summed E-state index contributed by atoms with van der Waals surface area (Å²) in [5.74, 6) is 0.955. The molecule has 0 saturated carbocycles. The lowest BCUT2D eigenvalue weighted by atomic mass is 10.0. The summed E-state index contributed by atoms with van der Waals surface area (Å²) in [6.07, 6.45) is -3.13. The van der Waals surface area contributed by atoms with Crippen LogP contribution < -0.4 is 5.56 Å². The fraction of sp³-hybridized carbons (Fsp3) is 0.0952. The van der Waals surface area contributed by atoms with Crippen LogP contribution in [0.4, 0.5) is 13.2 Å². The summed E-state index contributed by atoms with van der Waals surface area (Å²) < 4.78 is 44.1. The summed E-state index contributed by atoms with van der Waals surface area (Å²) in [7, 11) is 0. The summed E-state index contributed by atoms with van der Waals surface area (Å²) in [6.45, 7) is 0. The Morgan fingerprint density at radius 1 is 0.967 bits per heavy atom. The number of nitrogens with one attached hydrogen (secondary N) is 1. The van der Waals surface area contributed by atoms with Crippen molar-refractivity contribution >= 4 is 11.8 Å². The lowest BCUT2D eigenvalue weighted by molar-refractivity contribution is -0.141. The number of rotatable bonds is 5. The van der Waals surface area contributed by atoms with Crippen molar-refractivity contribution in [2.45, 2.75) is 17.1 Å². The van der Waals surface area contributed by atoms with Gasteiger partial charge >= 0.3 is 6.18 Å². The van der Waals surface area contributed by atoms with Gasteiger partial charge in [-0.1, -0.05) is 60.3 Å². The Bertz CT molecular complexity index is 1220. The number of oxazole rings is 1. The van der Waals surface area contributed by atoms with Crippen LogP contribution in [0.3, 0.4) is 0 Å². The molecule has 0 unspecified atom stereocenters. The molecule has 9 heteroatoms. The van der Waals surface area contributed by atoms with Crippen LogP contribution in [0.25, 0.3) is 22.5 Å². The van der Waals surface area contributed by atoms with E-state index in [4.69, 9.17) is 4.42 Å². The van der Waals surface area contributed by atoms with Gasteiger partial charge in [0.15, 0.2) is 16.6 Å². The molecule has 0 atom stereocenters. The van der Waals surface area contributed by atoms with Gasteiger partial charge in [0.2, 0.25) is 5.89 Å². The third-order valence-electron chi connectivity index (χ3n) is 4.15. The maximum atomic E-state index is 12.8. The molecule has 4 aromatic rings. The van der Waals surface area contributed by atoms with Gasteiger partial charge in [0.05, 0.1) is 11.9 Å². The van der Waals surface area contributed by atoms with E-state index in [1.54, 1.807) is 6.20 Å². The highest BCUT2D eigenvalue weighted by Gasteiger charge is 2.33. The number of nitrogens with zero attached hydrogens (tertiary/aromatic N) is 2. The van der Waals surface area contributed by atoms with Gasteiger partial charge in [-0.05, 0) is 17.2 Å². The Morgan fingerprint density at radius 3 is 2.47 bits per heavy atom. The standard InChI is InChI=1S/C21H14F3N3O2S/c22-21(23,24)17-10-18(28)27-20(26-17)30-12-19-25-11-16(29-19)15-8-4-7-14(9-15)13-5-2-1-3-6-13/h1-11H,12H2,(H,26,27,28). The zero-order valence-corrected chi connectivity index (χ0v) is 16.1. The molecule has 2 heterocycles. The van der Waals surface area contributed by atoms with E-state index in [1.807, 2.05) is 54.6 Å². The van der Waals surface area contributed by atoms with Gasteiger partial charge in [0.25, 0.3) is 5.56 Å². The van der Waals surface area contributed by atoms with Crippen molar-refractivity contribution in [2.75, 3.05) is 0 Å². The quantitative estimate of drug-likeness (QED) is 0.340. The fourth-order valence-electron chi connectivity index (χ4n) is 2.77. The van der Waals surface area contributed by atoms with Gasteiger partial charge in [-0.2, -0.15) is 13.2 Å². The minimum absolute atomic E-state index is 0.114. The largest absolute Gasteiger partial charge is 0.440 e. The van der Waals surface area contributed by atoms with Crippen molar-refractivity contribution in [1.82, 2.24) is 15.0 Å². The van der Waals surface area contributed by atoms with Crippen LogP contribution in [0, 0.1) is 0 Å². The van der Waals surface area contributed by atoms with Crippen molar-refractivity contribution in [3.05, 3.63) is 88.8 Å². The van der Waals surface area contributed by atoms with Crippen LogP contribution >= 0.6 is 11.8 Å². The molecule has 0 spiro atoms. The summed E-state index contributed by atoms with van der Waals surface area (Å²) in [6, 6.07) is 18.0. The minimum atomic E-state index is -4.69. The van der Waals surface area contributed by atoms with Crippen LogP contribution in [0.5, 0.6) is 0 Å². The second-order valence-corrected chi connectivity index (χ2v) is 7.25. The highest BCUT2D eigenvalue weighted by atomic mass is 32.2. The third kappa shape index (κ3) is 4.62. The van der Waals surface area contributed by atoms with E-state index >= 15 is 0 Å². The fourth-order valence-corrected chi connectivity index (χ4v) is 3.50. The van der Waals surface area contributed by atoms with Gasteiger partial charge in [0.1, 0.15) is 0 Å². The summed E-state index contributed by atoms with van der Waals surface area (Å²) in [4.78, 5) is 21.4. The van der Waals surface area contributed by atoms with Gasteiger partial charge < -0.3 is 9.40 Å². The predicted molar refractivity (Wildman–Crippen MR) is 107 cm³/mol. The average Bonchev–Trinajstić information content (AvgIpc) is 3.21. The number of hydrogen-bond acceptors (Lipinski definition) is 5. The smallest absolute Gasteiger partial charge is 0.433 e. The van der Waals surface area contributed by atoms with E-state index < -0.39 is 17.4 Å². The molecule has 5 nitrogen and oxygen atoms in total. The Kier molecular flexibility index (Phi) is 5.45.